The summed E-state index contributed by atoms with van der Waals surface area (Å²) in [7, 11) is 1.60. The first-order valence-electron chi connectivity index (χ1n) is 16.3. The van der Waals surface area contributed by atoms with Gasteiger partial charge in [-0.05, 0) is 25.0 Å². The van der Waals surface area contributed by atoms with E-state index in [1.165, 1.54) is 0 Å². The van der Waals surface area contributed by atoms with Crippen molar-refractivity contribution >= 4 is 40.7 Å². The first-order chi connectivity index (χ1) is 23.9. The maximum Gasteiger partial charge on any atom is 0.220 e. The molecule has 252 valence electrons. The maximum atomic E-state index is 11.5. The highest BCUT2D eigenvalue weighted by molar-refractivity contribution is 6.39. The largest absolute Gasteiger partial charge is 0.481 e. The minimum Gasteiger partial charge on any atom is -0.481 e. The van der Waals surface area contributed by atoms with Crippen LogP contribution in [0.3, 0.4) is 0 Å². The molecule has 49 heavy (non-hydrogen) atoms. The molecule has 0 radical (unpaired) electrons. The summed E-state index contributed by atoms with van der Waals surface area (Å²) >= 11 is 14.2. The summed E-state index contributed by atoms with van der Waals surface area (Å²) in [5, 5.41) is 18.4. The van der Waals surface area contributed by atoms with Crippen LogP contribution in [-0.4, -0.2) is 63.7 Å². The van der Waals surface area contributed by atoms with E-state index in [9.17, 15) is 9.59 Å². The average molecular weight is 700 g/mol. The molecule has 0 bridgehead atoms. The van der Waals surface area contributed by atoms with Gasteiger partial charge < -0.3 is 26.0 Å². The van der Waals surface area contributed by atoms with E-state index in [1.807, 2.05) is 66.9 Å². The molecule has 2 aliphatic rings. The Morgan fingerprint density at radius 3 is 1.98 bits per heavy atom. The molecule has 2 amide bonds. The van der Waals surface area contributed by atoms with Crippen molar-refractivity contribution in [1.82, 2.24) is 40.8 Å². The van der Waals surface area contributed by atoms with Crippen LogP contribution in [0.2, 0.25) is 10.0 Å². The number of halogens is 2. The summed E-state index contributed by atoms with van der Waals surface area (Å²) in [6, 6.07) is 19.7. The molecule has 3 aromatic heterocycles. The molecule has 7 rings (SSSR count). The number of carbonyl (C=O) groups excluding carboxylic acids is 2. The van der Waals surface area contributed by atoms with Gasteiger partial charge in [0.25, 0.3) is 0 Å². The summed E-state index contributed by atoms with van der Waals surface area (Å²) in [6.07, 6.45) is 4.71. The third-order valence-electron chi connectivity index (χ3n) is 8.92. The molecule has 13 heteroatoms. The zero-order valence-corrected chi connectivity index (χ0v) is 28.4. The SMILES string of the molecule is COc1nc(-c2cccc(-c3cccc(-c4ccn5nc(CNCC6CCC(=O)N6)cc5n4)c3Cl)c2Cl)ccc1CNCC1CCC(=O)N1. The number of carbonyl (C=O) groups is 2. The van der Waals surface area contributed by atoms with Gasteiger partial charge in [-0.15, -0.1) is 0 Å². The maximum absolute atomic E-state index is 11.5. The fourth-order valence-corrected chi connectivity index (χ4v) is 7.04. The van der Waals surface area contributed by atoms with Crippen LogP contribution in [0.25, 0.3) is 39.3 Å². The van der Waals surface area contributed by atoms with Gasteiger partial charge in [0, 0.05) is 91.2 Å². The molecular formula is C36H36Cl2N8O3. The third kappa shape index (κ3) is 7.25. The van der Waals surface area contributed by atoms with Crippen LogP contribution in [0, 0.1) is 0 Å². The molecule has 0 aliphatic carbocycles. The lowest BCUT2D eigenvalue weighted by molar-refractivity contribution is -0.120. The van der Waals surface area contributed by atoms with Crippen LogP contribution < -0.4 is 26.0 Å². The van der Waals surface area contributed by atoms with Crippen molar-refractivity contribution in [2.45, 2.75) is 50.9 Å². The smallest absolute Gasteiger partial charge is 0.220 e. The number of methoxy groups -OCH3 is 1. The number of aromatic nitrogens is 4. The number of rotatable bonds is 12. The van der Waals surface area contributed by atoms with E-state index in [0.29, 0.717) is 72.0 Å². The topological polar surface area (TPSA) is 135 Å². The van der Waals surface area contributed by atoms with Gasteiger partial charge in [-0.2, -0.15) is 5.10 Å². The number of amides is 2. The Bertz CT molecular complexity index is 2030. The van der Waals surface area contributed by atoms with Crippen LogP contribution in [0.4, 0.5) is 0 Å². The molecule has 11 nitrogen and oxygen atoms in total. The molecule has 2 atom stereocenters. The quantitative estimate of drug-likeness (QED) is 0.140. The van der Waals surface area contributed by atoms with Gasteiger partial charge in [0.15, 0.2) is 5.65 Å². The number of fused-ring (bicyclic) bond motifs is 1. The Morgan fingerprint density at radius 1 is 0.796 bits per heavy atom. The van der Waals surface area contributed by atoms with Crippen molar-refractivity contribution in [2.24, 2.45) is 0 Å². The highest BCUT2D eigenvalue weighted by atomic mass is 35.5. The standard InChI is InChI=1S/C36H36Cl2N8O3/c1-49-36-21(17-39-18-22-9-12-32(47)41-22)8-11-29(44-36)27-6-2-4-25(34(27)37)26-5-3-7-28(35(26)38)30-14-15-46-31(43-30)16-24(45-46)20-40-19-23-10-13-33(48)42-23/h2-8,11,14-16,22-23,39-40H,9-10,12-13,17-20H2,1H3,(H,41,47)(H,42,48). The Labute approximate surface area is 293 Å². The van der Waals surface area contributed by atoms with E-state index < -0.39 is 0 Å². The fraction of sp³-hybridized carbons (Fsp3) is 0.306. The molecule has 5 aromatic rings. The third-order valence-corrected chi connectivity index (χ3v) is 9.73. The predicted molar refractivity (Wildman–Crippen MR) is 189 cm³/mol. The Morgan fingerprint density at radius 2 is 1.39 bits per heavy atom. The predicted octanol–water partition coefficient (Wildman–Crippen LogP) is 5.18. The average Bonchev–Trinajstić information content (AvgIpc) is 3.84. The summed E-state index contributed by atoms with van der Waals surface area (Å²) in [4.78, 5) is 32.6. The molecule has 5 heterocycles. The van der Waals surface area contributed by atoms with E-state index >= 15 is 0 Å². The van der Waals surface area contributed by atoms with Crippen molar-refractivity contribution < 1.29 is 14.3 Å². The number of benzene rings is 2. The zero-order chi connectivity index (χ0) is 33.9. The van der Waals surface area contributed by atoms with Crippen LogP contribution in [-0.2, 0) is 22.7 Å². The van der Waals surface area contributed by atoms with Gasteiger partial charge >= 0.3 is 0 Å². The number of hydrogen-bond donors (Lipinski definition) is 4. The zero-order valence-electron chi connectivity index (χ0n) is 26.9. The molecule has 2 fully saturated rings. The van der Waals surface area contributed by atoms with Gasteiger partial charge in [0.1, 0.15) is 0 Å². The van der Waals surface area contributed by atoms with Crippen molar-refractivity contribution in [1.29, 1.82) is 0 Å². The van der Waals surface area contributed by atoms with Gasteiger partial charge in [-0.3, -0.25) is 9.59 Å². The lowest BCUT2D eigenvalue weighted by atomic mass is 9.98. The number of nitrogens with zero attached hydrogens (tertiary/aromatic N) is 4. The van der Waals surface area contributed by atoms with Gasteiger partial charge in [-0.1, -0.05) is 65.7 Å². The molecule has 2 aliphatic heterocycles. The van der Waals surface area contributed by atoms with Gasteiger partial charge in [-0.25, -0.2) is 14.5 Å². The molecule has 0 spiro atoms. The van der Waals surface area contributed by atoms with Crippen molar-refractivity contribution in [3.63, 3.8) is 0 Å². The minimum absolute atomic E-state index is 0.0995. The lowest BCUT2D eigenvalue weighted by Crippen LogP contribution is -2.35. The Balaban J connectivity index is 1.09. The second-order valence-electron chi connectivity index (χ2n) is 12.3. The molecular weight excluding hydrogens is 663 g/mol. The van der Waals surface area contributed by atoms with Crippen LogP contribution in [0.1, 0.15) is 36.9 Å². The van der Waals surface area contributed by atoms with Crippen molar-refractivity contribution in [3.8, 4) is 39.5 Å². The first kappa shape index (κ1) is 33.0. The van der Waals surface area contributed by atoms with Gasteiger partial charge in [0.05, 0.1) is 34.2 Å². The fourth-order valence-electron chi connectivity index (χ4n) is 6.39. The number of pyridine rings is 1. The molecule has 4 N–H and O–H groups in total. The number of hydrogen-bond acceptors (Lipinski definition) is 8. The summed E-state index contributed by atoms with van der Waals surface area (Å²) < 4.78 is 7.39. The minimum atomic E-state index is 0.0995. The Kier molecular flexibility index (Phi) is 9.77. The van der Waals surface area contributed by atoms with Crippen molar-refractivity contribution in [2.75, 3.05) is 20.2 Å². The highest BCUT2D eigenvalue weighted by Gasteiger charge is 2.22. The molecule has 2 unspecified atom stereocenters. The van der Waals surface area contributed by atoms with Gasteiger partial charge in [0.2, 0.25) is 17.7 Å². The van der Waals surface area contributed by atoms with Crippen LogP contribution in [0.5, 0.6) is 5.88 Å². The summed E-state index contributed by atoms with van der Waals surface area (Å²) in [5.41, 5.74) is 6.92. The first-order valence-corrected chi connectivity index (χ1v) is 17.1. The van der Waals surface area contributed by atoms with E-state index in [1.54, 1.807) is 11.6 Å². The van der Waals surface area contributed by atoms with E-state index in [4.69, 9.17) is 37.9 Å². The number of nitrogens with one attached hydrogen (secondary N) is 4. The second-order valence-corrected chi connectivity index (χ2v) is 13.1. The van der Waals surface area contributed by atoms with Crippen LogP contribution >= 0.6 is 23.2 Å². The summed E-state index contributed by atoms with van der Waals surface area (Å²) in [6.45, 7) is 2.49. The van der Waals surface area contributed by atoms with E-state index in [0.717, 1.165) is 46.4 Å². The normalized spacial score (nSPS) is 17.4. The lowest BCUT2D eigenvalue weighted by Gasteiger charge is -2.15. The number of ether oxygens (including phenoxy) is 1. The van der Waals surface area contributed by atoms with E-state index in [2.05, 4.69) is 26.4 Å². The second kappa shape index (κ2) is 14.5. The van der Waals surface area contributed by atoms with E-state index in [-0.39, 0.29) is 23.9 Å². The highest BCUT2D eigenvalue weighted by Crippen LogP contribution is 2.42. The molecule has 2 aromatic carbocycles. The monoisotopic (exact) mass is 698 g/mol. The Hall–Kier alpha value is -4.55. The molecule has 2 saturated heterocycles. The molecule has 0 saturated carbocycles. The van der Waals surface area contributed by atoms with Crippen molar-refractivity contribution in [3.05, 3.63) is 88.2 Å². The summed E-state index contributed by atoms with van der Waals surface area (Å²) in [5.74, 6) is 0.710. The van der Waals surface area contributed by atoms with Crippen LogP contribution in [0.15, 0.2) is 66.9 Å².